The Morgan fingerprint density at radius 1 is 0.950 bits per heavy atom. The Morgan fingerprint density at radius 3 is 2.23 bits per heavy atom. The highest BCUT2D eigenvalue weighted by molar-refractivity contribution is 7.92. The number of amides is 2. The van der Waals surface area contributed by atoms with E-state index >= 15 is 0 Å². The molecule has 40 heavy (non-hydrogen) atoms. The number of hydrogen-bond donors (Lipinski definition) is 1. The van der Waals surface area contributed by atoms with E-state index in [1.807, 2.05) is 68.4 Å². The third-order valence-corrected chi connectivity index (χ3v) is 7.72. The van der Waals surface area contributed by atoms with Crippen LogP contribution in [-0.2, 0) is 32.6 Å². The van der Waals surface area contributed by atoms with Gasteiger partial charge in [0.1, 0.15) is 18.3 Å². The first-order chi connectivity index (χ1) is 19.1. The molecule has 8 nitrogen and oxygen atoms in total. The second-order valence-electron chi connectivity index (χ2n) is 9.83. The number of methoxy groups -OCH3 is 1. The van der Waals surface area contributed by atoms with Gasteiger partial charge in [-0.25, -0.2) is 8.42 Å². The molecule has 3 aromatic rings. The smallest absolute Gasteiger partial charge is 0.244 e. The van der Waals surface area contributed by atoms with Gasteiger partial charge in [0.15, 0.2) is 0 Å². The van der Waals surface area contributed by atoms with Crippen LogP contribution >= 0.6 is 0 Å². The Kier molecular flexibility index (Phi) is 11.1. The van der Waals surface area contributed by atoms with Crippen LogP contribution in [0.3, 0.4) is 0 Å². The van der Waals surface area contributed by atoms with Crippen molar-refractivity contribution in [1.82, 2.24) is 10.2 Å². The van der Waals surface area contributed by atoms with E-state index in [4.69, 9.17) is 4.74 Å². The van der Waals surface area contributed by atoms with Crippen LogP contribution in [0.5, 0.6) is 5.75 Å². The van der Waals surface area contributed by atoms with Crippen LogP contribution in [-0.4, -0.2) is 57.6 Å². The first kappa shape index (κ1) is 30.7. The number of anilines is 1. The summed E-state index contributed by atoms with van der Waals surface area (Å²) in [5.41, 5.74) is 3.10. The van der Waals surface area contributed by atoms with Gasteiger partial charge in [-0.05, 0) is 48.7 Å². The Hall–Kier alpha value is -3.85. The predicted molar refractivity (Wildman–Crippen MR) is 159 cm³/mol. The fourth-order valence-corrected chi connectivity index (χ4v) is 5.28. The highest BCUT2D eigenvalue weighted by Crippen LogP contribution is 2.23. The first-order valence-corrected chi connectivity index (χ1v) is 15.3. The zero-order valence-electron chi connectivity index (χ0n) is 23.7. The van der Waals surface area contributed by atoms with Gasteiger partial charge >= 0.3 is 0 Å². The molecule has 3 aromatic carbocycles. The van der Waals surface area contributed by atoms with E-state index in [1.54, 1.807) is 24.3 Å². The zero-order chi connectivity index (χ0) is 29.1. The summed E-state index contributed by atoms with van der Waals surface area (Å²) in [6, 6.07) is 22.9. The highest BCUT2D eigenvalue weighted by atomic mass is 32.2. The maximum atomic E-state index is 14.1. The summed E-state index contributed by atoms with van der Waals surface area (Å²) in [7, 11) is -2.30. The molecule has 1 N–H and O–H groups in total. The number of rotatable bonds is 14. The average molecular weight is 566 g/mol. The molecule has 0 radical (unpaired) electrons. The Morgan fingerprint density at radius 2 is 1.62 bits per heavy atom. The van der Waals surface area contributed by atoms with E-state index in [0.717, 1.165) is 40.1 Å². The molecule has 0 saturated carbocycles. The molecule has 0 saturated heterocycles. The largest absolute Gasteiger partial charge is 0.497 e. The number of sulfonamides is 1. The van der Waals surface area contributed by atoms with Crippen LogP contribution in [0.4, 0.5) is 5.69 Å². The van der Waals surface area contributed by atoms with Crippen molar-refractivity contribution >= 4 is 27.5 Å². The van der Waals surface area contributed by atoms with Crippen LogP contribution in [0, 0.1) is 6.92 Å². The van der Waals surface area contributed by atoms with Gasteiger partial charge < -0.3 is 15.0 Å². The molecule has 0 aliphatic heterocycles. The number of ether oxygens (including phenoxy) is 1. The van der Waals surface area contributed by atoms with Crippen molar-refractivity contribution in [3.05, 3.63) is 95.6 Å². The van der Waals surface area contributed by atoms with Crippen molar-refractivity contribution in [2.24, 2.45) is 0 Å². The molecule has 1 atom stereocenters. The van der Waals surface area contributed by atoms with Gasteiger partial charge in [0.05, 0.1) is 19.1 Å². The number of nitrogens with one attached hydrogen (secondary N) is 1. The standard InChI is InChI=1S/C31H39N3O5S/c1-5-6-19-32-31(36)29(21-25-12-8-7-9-13-25)33(22-26-14-10-11-24(2)20-26)30(35)23-34(40(4,37)38)27-15-17-28(39-3)18-16-27/h7-18,20,29H,5-6,19,21-23H2,1-4H3,(H,32,36)/t29-/m0/s1. The minimum Gasteiger partial charge on any atom is -0.497 e. The molecule has 0 heterocycles. The minimum absolute atomic E-state index is 0.152. The van der Waals surface area contributed by atoms with E-state index < -0.39 is 28.5 Å². The lowest BCUT2D eigenvalue weighted by Crippen LogP contribution is -2.53. The Balaban J connectivity index is 2.02. The second-order valence-corrected chi connectivity index (χ2v) is 11.7. The molecule has 0 bridgehead atoms. The molecule has 214 valence electrons. The van der Waals surface area contributed by atoms with Crippen LogP contribution < -0.4 is 14.4 Å². The summed E-state index contributed by atoms with van der Waals surface area (Å²) in [6.45, 7) is 4.20. The number of nitrogens with zero attached hydrogens (tertiary/aromatic N) is 2. The lowest BCUT2D eigenvalue weighted by molar-refractivity contribution is -0.140. The van der Waals surface area contributed by atoms with Crippen molar-refractivity contribution in [3.8, 4) is 5.75 Å². The molecule has 0 aromatic heterocycles. The number of carbonyl (C=O) groups is 2. The number of benzene rings is 3. The fraction of sp³-hybridized carbons (Fsp3) is 0.355. The van der Waals surface area contributed by atoms with Gasteiger partial charge in [-0.1, -0.05) is 73.5 Å². The monoisotopic (exact) mass is 565 g/mol. The van der Waals surface area contributed by atoms with Crippen LogP contribution in [0.15, 0.2) is 78.9 Å². The average Bonchev–Trinajstić information content (AvgIpc) is 2.93. The predicted octanol–water partition coefficient (Wildman–Crippen LogP) is 4.33. The van der Waals surface area contributed by atoms with E-state index in [-0.39, 0.29) is 18.9 Å². The summed E-state index contributed by atoms with van der Waals surface area (Å²) in [6.07, 6.45) is 3.09. The van der Waals surface area contributed by atoms with E-state index in [2.05, 4.69) is 5.32 Å². The van der Waals surface area contributed by atoms with E-state index in [0.29, 0.717) is 18.0 Å². The molecule has 0 aliphatic rings. The van der Waals surface area contributed by atoms with Gasteiger partial charge in [0, 0.05) is 19.5 Å². The summed E-state index contributed by atoms with van der Waals surface area (Å²) >= 11 is 0. The zero-order valence-corrected chi connectivity index (χ0v) is 24.5. The van der Waals surface area contributed by atoms with Gasteiger partial charge in [0.2, 0.25) is 21.8 Å². The van der Waals surface area contributed by atoms with Crippen molar-refractivity contribution in [3.63, 3.8) is 0 Å². The summed E-state index contributed by atoms with van der Waals surface area (Å²) in [5, 5.41) is 2.99. The first-order valence-electron chi connectivity index (χ1n) is 13.4. The van der Waals surface area contributed by atoms with Crippen molar-refractivity contribution in [2.45, 2.75) is 45.7 Å². The number of unbranched alkanes of at least 4 members (excludes halogenated alkanes) is 1. The number of hydrogen-bond acceptors (Lipinski definition) is 5. The topological polar surface area (TPSA) is 96.0 Å². The molecule has 9 heteroatoms. The van der Waals surface area contributed by atoms with Gasteiger partial charge in [-0.2, -0.15) is 0 Å². The normalized spacial score (nSPS) is 11.9. The SMILES string of the molecule is CCCCNC(=O)[C@H](Cc1ccccc1)N(Cc1cccc(C)c1)C(=O)CN(c1ccc(OC)cc1)S(C)(=O)=O. The Bertz CT molecular complexity index is 1360. The van der Waals surface area contributed by atoms with Crippen molar-refractivity contribution < 1.29 is 22.7 Å². The summed E-state index contributed by atoms with van der Waals surface area (Å²) < 4.78 is 32.0. The van der Waals surface area contributed by atoms with Gasteiger partial charge in [-0.15, -0.1) is 0 Å². The molecule has 0 spiro atoms. The van der Waals surface area contributed by atoms with Crippen LogP contribution in [0.1, 0.15) is 36.5 Å². The van der Waals surface area contributed by atoms with Crippen molar-refractivity contribution in [1.29, 1.82) is 0 Å². The number of carbonyl (C=O) groups excluding carboxylic acids is 2. The van der Waals surface area contributed by atoms with Gasteiger partial charge in [0.25, 0.3) is 0 Å². The van der Waals surface area contributed by atoms with E-state index in [9.17, 15) is 18.0 Å². The molecule has 0 unspecified atom stereocenters. The van der Waals surface area contributed by atoms with Gasteiger partial charge in [-0.3, -0.25) is 13.9 Å². The Labute approximate surface area is 238 Å². The van der Waals surface area contributed by atoms with E-state index in [1.165, 1.54) is 12.0 Å². The van der Waals surface area contributed by atoms with Crippen LogP contribution in [0.2, 0.25) is 0 Å². The fourth-order valence-electron chi connectivity index (χ4n) is 4.43. The lowest BCUT2D eigenvalue weighted by atomic mass is 10.0. The lowest BCUT2D eigenvalue weighted by Gasteiger charge is -2.33. The summed E-state index contributed by atoms with van der Waals surface area (Å²) in [4.78, 5) is 29.2. The highest BCUT2D eigenvalue weighted by Gasteiger charge is 2.33. The summed E-state index contributed by atoms with van der Waals surface area (Å²) in [5.74, 6) is -0.181. The van der Waals surface area contributed by atoms with Crippen LogP contribution in [0.25, 0.3) is 0 Å². The molecular formula is C31H39N3O5S. The van der Waals surface area contributed by atoms with Crippen molar-refractivity contribution in [2.75, 3.05) is 30.8 Å². The number of aryl methyl sites for hydroxylation is 1. The second kappa shape index (κ2) is 14.5. The maximum absolute atomic E-state index is 14.1. The quantitative estimate of drug-likeness (QED) is 0.294. The third-order valence-electron chi connectivity index (χ3n) is 6.58. The molecule has 0 aliphatic carbocycles. The third kappa shape index (κ3) is 8.84. The molecular weight excluding hydrogens is 526 g/mol. The minimum atomic E-state index is -3.82. The molecule has 2 amide bonds. The molecule has 0 fully saturated rings. The molecule has 3 rings (SSSR count). The maximum Gasteiger partial charge on any atom is 0.244 e.